The summed E-state index contributed by atoms with van der Waals surface area (Å²) in [5.41, 5.74) is -0.0466. The number of oxazole rings is 1. The lowest BCUT2D eigenvalue weighted by Crippen LogP contribution is -2.37. The zero-order valence-corrected chi connectivity index (χ0v) is 19.6. The predicted molar refractivity (Wildman–Crippen MR) is 122 cm³/mol. The lowest BCUT2D eigenvalue weighted by molar-refractivity contribution is 0.310. The first kappa shape index (κ1) is 24.1. The number of aliphatic imine (C=N–C) groups is 1. The van der Waals surface area contributed by atoms with Gasteiger partial charge in [-0.25, -0.2) is 4.98 Å². The van der Waals surface area contributed by atoms with Gasteiger partial charge in [0.05, 0.1) is 26.5 Å². The minimum atomic E-state index is -0.0466. The van der Waals surface area contributed by atoms with Crippen molar-refractivity contribution in [2.45, 2.75) is 39.2 Å². The molecule has 0 fully saturated rings. The quantitative estimate of drug-likeness (QED) is 0.248. The minimum Gasteiger partial charge on any atom is -0.497 e. The molecule has 0 saturated carbocycles. The highest BCUT2D eigenvalue weighted by Crippen LogP contribution is 2.22. The Balaban J connectivity index is 0.00000392. The summed E-state index contributed by atoms with van der Waals surface area (Å²) in [6.45, 7) is 8.13. The fourth-order valence-electron chi connectivity index (χ4n) is 2.26. The highest BCUT2D eigenvalue weighted by atomic mass is 127. The molecule has 156 valence electrons. The van der Waals surface area contributed by atoms with E-state index in [1.165, 1.54) is 0 Å². The van der Waals surface area contributed by atoms with Gasteiger partial charge in [-0.1, -0.05) is 20.8 Å². The summed E-state index contributed by atoms with van der Waals surface area (Å²) in [5, 5.41) is 6.45. The molecular formula is C20H31IN4O3. The number of nitrogens with zero attached hydrogens (tertiary/aromatic N) is 2. The van der Waals surface area contributed by atoms with Gasteiger partial charge in [-0.2, -0.15) is 0 Å². The van der Waals surface area contributed by atoms with Gasteiger partial charge in [0.25, 0.3) is 0 Å². The summed E-state index contributed by atoms with van der Waals surface area (Å²) in [5.74, 6) is 3.87. The number of aromatic nitrogens is 1. The Labute approximate surface area is 184 Å². The number of guanidine groups is 1. The summed E-state index contributed by atoms with van der Waals surface area (Å²) < 4.78 is 16.6. The van der Waals surface area contributed by atoms with Crippen molar-refractivity contribution in [3.8, 4) is 11.5 Å². The van der Waals surface area contributed by atoms with E-state index in [0.717, 1.165) is 30.2 Å². The molecule has 2 rings (SSSR count). The molecule has 0 radical (unpaired) electrons. The molecule has 7 nitrogen and oxygen atoms in total. The van der Waals surface area contributed by atoms with Crippen LogP contribution >= 0.6 is 24.0 Å². The molecule has 0 unspecified atom stereocenters. The first-order valence-corrected chi connectivity index (χ1v) is 9.09. The van der Waals surface area contributed by atoms with Crippen molar-refractivity contribution in [1.29, 1.82) is 0 Å². The molecule has 1 aromatic carbocycles. The maximum Gasteiger partial charge on any atom is 0.213 e. The van der Waals surface area contributed by atoms with E-state index in [2.05, 4.69) is 41.4 Å². The van der Waals surface area contributed by atoms with E-state index in [9.17, 15) is 0 Å². The van der Waals surface area contributed by atoms with Crippen molar-refractivity contribution in [2.24, 2.45) is 4.99 Å². The second-order valence-electron chi connectivity index (χ2n) is 7.10. The zero-order valence-electron chi connectivity index (χ0n) is 17.2. The Hall–Kier alpha value is -1.97. The van der Waals surface area contributed by atoms with Crippen molar-refractivity contribution in [3.05, 3.63) is 42.1 Å². The molecular weight excluding hydrogens is 471 g/mol. The molecule has 2 N–H and O–H groups in total. The van der Waals surface area contributed by atoms with Crippen molar-refractivity contribution in [3.63, 3.8) is 0 Å². The van der Waals surface area contributed by atoms with Crippen molar-refractivity contribution in [2.75, 3.05) is 27.3 Å². The molecule has 0 aliphatic rings. The molecule has 1 aromatic heterocycles. The summed E-state index contributed by atoms with van der Waals surface area (Å²) in [7, 11) is 3.38. The maximum atomic E-state index is 5.77. The van der Waals surface area contributed by atoms with Gasteiger partial charge in [0, 0.05) is 19.0 Å². The SMILES string of the molecule is CN=C(NCCCOc1ccc(OC)cc1)NCc1ncc(C(C)(C)C)o1.I. The number of hydrogen-bond donors (Lipinski definition) is 2. The molecule has 8 heteroatoms. The number of halogens is 1. The fraction of sp³-hybridized carbons (Fsp3) is 0.500. The summed E-state index contributed by atoms with van der Waals surface area (Å²) in [4.78, 5) is 8.51. The molecule has 0 atom stereocenters. The van der Waals surface area contributed by atoms with Crippen LogP contribution in [0.2, 0.25) is 0 Å². The van der Waals surface area contributed by atoms with Gasteiger partial charge < -0.3 is 24.5 Å². The molecule has 28 heavy (non-hydrogen) atoms. The minimum absolute atomic E-state index is 0. The van der Waals surface area contributed by atoms with E-state index in [1.807, 2.05) is 24.3 Å². The number of benzene rings is 1. The van der Waals surface area contributed by atoms with Crippen molar-refractivity contribution >= 4 is 29.9 Å². The van der Waals surface area contributed by atoms with E-state index >= 15 is 0 Å². The van der Waals surface area contributed by atoms with Gasteiger partial charge >= 0.3 is 0 Å². The second-order valence-corrected chi connectivity index (χ2v) is 7.10. The van der Waals surface area contributed by atoms with Gasteiger partial charge in [0.2, 0.25) is 5.89 Å². The Morgan fingerprint density at radius 2 is 1.82 bits per heavy atom. The summed E-state index contributed by atoms with van der Waals surface area (Å²) in [6.07, 6.45) is 2.63. The fourth-order valence-corrected chi connectivity index (χ4v) is 2.26. The Morgan fingerprint density at radius 3 is 2.39 bits per heavy atom. The molecule has 0 aliphatic carbocycles. The van der Waals surface area contributed by atoms with E-state index in [0.29, 0.717) is 25.0 Å². The van der Waals surface area contributed by atoms with Crippen LogP contribution in [0.4, 0.5) is 0 Å². The molecule has 0 aliphatic heterocycles. The van der Waals surface area contributed by atoms with Crippen LogP contribution in [0, 0.1) is 0 Å². The van der Waals surface area contributed by atoms with Gasteiger partial charge in [0.1, 0.15) is 17.3 Å². The highest BCUT2D eigenvalue weighted by molar-refractivity contribution is 14.0. The van der Waals surface area contributed by atoms with Crippen LogP contribution in [0.15, 0.2) is 39.9 Å². The van der Waals surface area contributed by atoms with E-state index < -0.39 is 0 Å². The number of rotatable bonds is 8. The van der Waals surface area contributed by atoms with Gasteiger partial charge in [-0.05, 0) is 30.7 Å². The molecule has 0 amide bonds. The number of methoxy groups -OCH3 is 1. The average Bonchev–Trinajstić information content (AvgIpc) is 3.14. The van der Waals surface area contributed by atoms with Gasteiger partial charge in [-0.3, -0.25) is 4.99 Å². The van der Waals surface area contributed by atoms with E-state index in [4.69, 9.17) is 13.9 Å². The molecule has 0 spiro atoms. The maximum absolute atomic E-state index is 5.77. The Bertz CT molecular complexity index is 724. The summed E-state index contributed by atoms with van der Waals surface area (Å²) >= 11 is 0. The third-order valence-corrected chi connectivity index (χ3v) is 3.87. The largest absolute Gasteiger partial charge is 0.497 e. The normalized spacial score (nSPS) is 11.5. The molecule has 0 bridgehead atoms. The third-order valence-electron chi connectivity index (χ3n) is 3.87. The highest BCUT2D eigenvalue weighted by Gasteiger charge is 2.19. The molecule has 2 aromatic rings. The lowest BCUT2D eigenvalue weighted by Gasteiger charge is -2.13. The van der Waals surface area contributed by atoms with Crippen LogP contribution in [0.25, 0.3) is 0 Å². The Morgan fingerprint density at radius 1 is 1.14 bits per heavy atom. The van der Waals surface area contributed by atoms with E-state index in [-0.39, 0.29) is 29.4 Å². The van der Waals surface area contributed by atoms with Crippen molar-refractivity contribution in [1.82, 2.24) is 15.6 Å². The van der Waals surface area contributed by atoms with Crippen LogP contribution in [-0.2, 0) is 12.0 Å². The first-order chi connectivity index (χ1) is 12.9. The van der Waals surface area contributed by atoms with Gasteiger partial charge in [0.15, 0.2) is 5.96 Å². The Kier molecular flexibility index (Phi) is 10.1. The number of ether oxygens (including phenoxy) is 2. The number of nitrogens with one attached hydrogen (secondary N) is 2. The molecule has 0 saturated heterocycles. The number of hydrogen-bond acceptors (Lipinski definition) is 5. The lowest BCUT2D eigenvalue weighted by atomic mass is 9.94. The van der Waals surface area contributed by atoms with E-state index in [1.54, 1.807) is 20.4 Å². The molecule has 1 heterocycles. The second kappa shape index (κ2) is 11.8. The zero-order chi connectivity index (χ0) is 19.7. The van der Waals surface area contributed by atoms with Crippen LogP contribution < -0.4 is 20.1 Å². The van der Waals surface area contributed by atoms with Crippen LogP contribution in [0.5, 0.6) is 11.5 Å². The van der Waals surface area contributed by atoms with Crippen LogP contribution in [0.3, 0.4) is 0 Å². The standard InChI is InChI=1S/C20H30N4O3.HI/c1-20(2,3)17-13-23-18(27-17)14-24-19(21-4)22-11-6-12-26-16-9-7-15(25-5)8-10-16;/h7-10,13H,6,11-12,14H2,1-5H3,(H2,21,22,24);1H. The monoisotopic (exact) mass is 502 g/mol. The van der Waals surface area contributed by atoms with Crippen molar-refractivity contribution < 1.29 is 13.9 Å². The average molecular weight is 502 g/mol. The topological polar surface area (TPSA) is 80.9 Å². The van der Waals surface area contributed by atoms with Gasteiger partial charge in [-0.15, -0.1) is 24.0 Å². The first-order valence-electron chi connectivity index (χ1n) is 9.09. The third kappa shape index (κ3) is 7.95. The van der Waals surface area contributed by atoms with Crippen LogP contribution in [-0.4, -0.2) is 38.3 Å². The van der Waals surface area contributed by atoms with Crippen LogP contribution in [0.1, 0.15) is 38.8 Å². The summed E-state index contributed by atoms with van der Waals surface area (Å²) in [6, 6.07) is 7.56. The predicted octanol–water partition coefficient (Wildman–Crippen LogP) is 3.73. The smallest absolute Gasteiger partial charge is 0.213 e.